The fourth-order valence-electron chi connectivity index (χ4n) is 3.22. The van der Waals surface area contributed by atoms with Crippen molar-refractivity contribution >= 4 is 16.2 Å². The van der Waals surface area contributed by atoms with Crippen molar-refractivity contribution in [1.29, 1.82) is 0 Å². The van der Waals surface area contributed by atoms with Crippen LogP contribution < -0.4 is 0 Å². The summed E-state index contributed by atoms with van der Waals surface area (Å²) in [4.78, 5) is 0. The van der Waals surface area contributed by atoms with Crippen LogP contribution in [0.2, 0.25) is 0 Å². The van der Waals surface area contributed by atoms with Crippen molar-refractivity contribution in [2.24, 2.45) is 0 Å². The van der Waals surface area contributed by atoms with Crippen molar-refractivity contribution in [3.8, 4) is 0 Å². The van der Waals surface area contributed by atoms with Crippen molar-refractivity contribution in [2.75, 3.05) is 12.9 Å². The van der Waals surface area contributed by atoms with Gasteiger partial charge in [0.05, 0.1) is 19.0 Å². The molecule has 1 fully saturated rings. The number of ether oxygens (including phenoxy) is 1. The van der Waals surface area contributed by atoms with Gasteiger partial charge in [0.25, 0.3) is 10.1 Å². The lowest BCUT2D eigenvalue weighted by Gasteiger charge is -2.31. The van der Waals surface area contributed by atoms with Crippen molar-refractivity contribution in [2.45, 2.75) is 31.5 Å². The van der Waals surface area contributed by atoms with Gasteiger partial charge in [0, 0.05) is 6.42 Å². The summed E-state index contributed by atoms with van der Waals surface area (Å²) in [5.74, 6) is 0. The van der Waals surface area contributed by atoms with Crippen LogP contribution >= 0.6 is 0 Å². The second-order valence-electron chi connectivity index (χ2n) is 6.60. The minimum Gasteiger partial charge on any atom is -0.371 e. The quantitative estimate of drug-likeness (QED) is 0.723. The van der Waals surface area contributed by atoms with Crippen LogP contribution in [-0.2, 0) is 25.5 Å². The molecule has 1 aliphatic heterocycles. The Hall–Kier alpha value is -1.95. The summed E-state index contributed by atoms with van der Waals surface area (Å²) >= 11 is 0. The summed E-state index contributed by atoms with van der Waals surface area (Å²) in [6.07, 6.45) is 5.00. The first-order valence-corrected chi connectivity index (χ1v) is 10.6. The lowest BCUT2D eigenvalue weighted by Crippen LogP contribution is -2.35. The molecule has 0 N–H and O–H groups in total. The van der Waals surface area contributed by atoms with E-state index in [1.807, 2.05) is 48.5 Å². The van der Waals surface area contributed by atoms with Gasteiger partial charge in [-0.25, -0.2) is 0 Å². The van der Waals surface area contributed by atoms with E-state index in [0.717, 1.165) is 30.2 Å². The van der Waals surface area contributed by atoms with Gasteiger partial charge in [0.2, 0.25) is 0 Å². The lowest BCUT2D eigenvalue weighted by atomic mass is 9.93. The van der Waals surface area contributed by atoms with Gasteiger partial charge in [-0.05, 0) is 29.5 Å². The van der Waals surface area contributed by atoms with Crippen LogP contribution in [0.4, 0.5) is 0 Å². The number of hydrogen-bond acceptors (Lipinski definition) is 4. The Kier molecular flexibility index (Phi) is 6.25. The molecule has 0 spiro atoms. The monoisotopic (exact) mass is 372 g/mol. The molecule has 1 saturated heterocycles. The molecule has 1 aliphatic rings. The van der Waals surface area contributed by atoms with E-state index in [1.54, 1.807) is 0 Å². The maximum Gasteiger partial charge on any atom is 0.264 e. The highest BCUT2D eigenvalue weighted by Gasteiger charge is 2.28. The van der Waals surface area contributed by atoms with E-state index in [4.69, 9.17) is 8.92 Å². The highest BCUT2D eigenvalue weighted by atomic mass is 32.2. The molecule has 5 heteroatoms. The van der Waals surface area contributed by atoms with E-state index in [9.17, 15) is 8.42 Å². The lowest BCUT2D eigenvalue weighted by molar-refractivity contribution is -0.0134. The molecule has 138 valence electrons. The second-order valence-corrected chi connectivity index (χ2v) is 8.20. The Labute approximate surface area is 155 Å². The van der Waals surface area contributed by atoms with Crippen molar-refractivity contribution < 1.29 is 17.3 Å². The van der Waals surface area contributed by atoms with Crippen molar-refractivity contribution in [3.63, 3.8) is 0 Å². The SMILES string of the molecule is CS(=O)(=O)O[C@H]1CO[C@@H](CCc2ccccc2)/C(=C\c2ccccc2)C1. The van der Waals surface area contributed by atoms with Gasteiger partial charge in [-0.3, -0.25) is 4.18 Å². The molecule has 1 heterocycles. The molecule has 0 unspecified atom stereocenters. The molecule has 0 saturated carbocycles. The molecule has 2 atom stereocenters. The molecule has 0 radical (unpaired) electrons. The summed E-state index contributed by atoms with van der Waals surface area (Å²) in [5.41, 5.74) is 3.42. The molecule has 0 aliphatic carbocycles. The van der Waals surface area contributed by atoms with Crippen LogP contribution in [0.25, 0.3) is 6.08 Å². The molecule has 2 aromatic rings. The highest BCUT2D eigenvalue weighted by molar-refractivity contribution is 7.86. The summed E-state index contributed by atoms with van der Waals surface area (Å²) in [6, 6.07) is 20.3. The van der Waals surface area contributed by atoms with E-state index in [-0.39, 0.29) is 6.10 Å². The molecule has 0 bridgehead atoms. The summed E-state index contributed by atoms with van der Waals surface area (Å²) in [5, 5.41) is 0. The summed E-state index contributed by atoms with van der Waals surface area (Å²) in [7, 11) is -3.50. The van der Waals surface area contributed by atoms with Crippen LogP contribution in [0, 0.1) is 0 Å². The molecule has 26 heavy (non-hydrogen) atoms. The van der Waals surface area contributed by atoms with Crippen LogP contribution in [0.1, 0.15) is 24.0 Å². The third-order valence-electron chi connectivity index (χ3n) is 4.36. The molecule has 0 amide bonds. The van der Waals surface area contributed by atoms with Gasteiger partial charge >= 0.3 is 0 Å². The fourth-order valence-corrected chi connectivity index (χ4v) is 3.84. The first-order chi connectivity index (χ1) is 12.5. The Bertz CT molecular complexity index is 829. The third-order valence-corrected chi connectivity index (χ3v) is 4.98. The zero-order chi connectivity index (χ0) is 18.4. The first kappa shape index (κ1) is 18.8. The predicted molar refractivity (Wildman–Crippen MR) is 103 cm³/mol. The van der Waals surface area contributed by atoms with Gasteiger partial charge in [0.1, 0.15) is 6.10 Å². The van der Waals surface area contributed by atoms with Crippen molar-refractivity contribution in [3.05, 3.63) is 77.4 Å². The summed E-state index contributed by atoms with van der Waals surface area (Å²) in [6.45, 7) is 0.290. The van der Waals surface area contributed by atoms with E-state index >= 15 is 0 Å². The zero-order valence-corrected chi connectivity index (χ0v) is 15.7. The van der Waals surface area contributed by atoms with Crippen LogP contribution in [0.5, 0.6) is 0 Å². The fraction of sp³-hybridized carbons (Fsp3) is 0.333. The third kappa shape index (κ3) is 5.80. The standard InChI is InChI=1S/C21H24O4S/c1-26(22,23)25-20-15-19(14-18-10-6-3-7-11-18)21(24-16-20)13-12-17-8-4-2-5-9-17/h2-11,14,20-21H,12-13,15-16H2,1H3/b19-14-/t20-,21+/m1/s1. The average Bonchev–Trinajstić information content (AvgIpc) is 2.61. The van der Waals surface area contributed by atoms with Gasteiger partial charge in [-0.15, -0.1) is 0 Å². The number of aryl methyl sites for hydroxylation is 1. The molecular formula is C21H24O4S. The minimum atomic E-state index is -3.50. The van der Waals surface area contributed by atoms with Gasteiger partial charge in [0.15, 0.2) is 0 Å². The Morgan fingerprint density at radius 2 is 1.73 bits per heavy atom. The largest absolute Gasteiger partial charge is 0.371 e. The van der Waals surface area contributed by atoms with Crippen LogP contribution in [0.3, 0.4) is 0 Å². The Balaban J connectivity index is 1.75. The number of rotatable bonds is 6. The molecule has 3 rings (SSSR count). The van der Waals surface area contributed by atoms with E-state index in [1.165, 1.54) is 5.56 Å². The molecule has 0 aromatic heterocycles. The molecule has 4 nitrogen and oxygen atoms in total. The normalized spacial score (nSPS) is 22.4. The van der Waals surface area contributed by atoms with Gasteiger partial charge in [-0.2, -0.15) is 8.42 Å². The Morgan fingerprint density at radius 1 is 1.08 bits per heavy atom. The average molecular weight is 372 g/mol. The minimum absolute atomic E-state index is 0.0326. The van der Waals surface area contributed by atoms with Gasteiger partial charge < -0.3 is 4.74 Å². The molecular weight excluding hydrogens is 348 g/mol. The zero-order valence-electron chi connectivity index (χ0n) is 14.9. The smallest absolute Gasteiger partial charge is 0.264 e. The van der Waals surface area contributed by atoms with Crippen molar-refractivity contribution in [1.82, 2.24) is 0 Å². The van der Waals surface area contributed by atoms with E-state index in [0.29, 0.717) is 13.0 Å². The number of hydrogen-bond donors (Lipinski definition) is 0. The number of benzene rings is 2. The summed E-state index contributed by atoms with van der Waals surface area (Å²) < 4.78 is 34.1. The maximum absolute atomic E-state index is 11.5. The highest BCUT2D eigenvalue weighted by Crippen LogP contribution is 2.28. The predicted octanol–water partition coefficient (Wildman–Crippen LogP) is 3.84. The first-order valence-electron chi connectivity index (χ1n) is 8.79. The van der Waals surface area contributed by atoms with E-state index < -0.39 is 16.2 Å². The van der Waals surface area contributed by atoms with E-state index in [2.05, 4.69) is 18.2 Å². The molecule has 2 aromatic carbocycles. The van der Waals surface area contributed by atoms with Gasteiger partial charge in [-0.1, -0.05) is 66.7 Å². The second kappa shape index (κ2) is 8.62. The maximum atomic E-state index is 11.5. The topological polar surface area (TPSA) is 52.6 Å². The Morgan fingerprint density at radius 3 is 2.38 bits per heavy atom. The van der Waals surface area contributed by atoms with Crippen LogP contribution in [-0.4, -0.2) is 33.5 Å². The van der Waals surface area contributed by atoms with Crippen LogP contribution in [0.15, 0.2) is 66.2 Å².